The van der Waals surface area contributed by atoms with Crippen LogP contribution >= 0.6 is 0 Å². The van der Waals surface area contributed by atoms with Crippen LogP contribution in [-0.2, 0) is 0 Å². The van der Waals surface area contributed by atoms with E-state index in [1.165, 1.54) is 0 Å². The second-order valence-electron chi connectivity index (χ2n) is 3.75. The number of pyridine rings is 1. The smallest absolute Gasteiger partial charge is 0.119 e. The molecule has 0 bridgehead atoms. The number of hydrogen-bond donors (Lipinski definition) is 1. The number of benzene rings is 1. The minimum absolute atomic E-state index is 0.535. The van der Waals surface area contributed by atoms with Gasteiger partial charge in [0.05, 0.1) is 23.9 Å². The Balaban J connectivity index is 2.87. The normalized spacial score (nSPS) is 10.0. The highest BCUT2D eigenvalue weighted by Crippen LogP contribution is 2.30. The van der Waals surface area contributed by atoms with Gasteiger partial charge < -0.3 is 10.1 Å². The van der Waals surface area contributed by atoms with Gasteiger partial charge in [0.15, 0.2) is 0 Å². The van der Waals surface area contributed by atoms with Crippen molar-refractivity contribution in [1.82, 2.24) is 4.98 Å². The third-order valence-electron chi connectivity index (χ3n) is 2.74. The lowest BCUT2D eigenvalue weighted by molar-refractivity contribution is 0.415. The van der Waals surface area contributed by atoms with Crippen LogP contribution < -0.4 is 10.1 Å². The van der Waals surface area contributed by atoms with E-state index in [0.717, 1.165) is 27.9 Å². The van der Waals surface area contributed by atoms with Crippen molar-refractivity contribution in [2.24, 2.45) is 0 Å². The zero-order valence-corrected chi connectivity index (χ0v) is 10.0. The largest absolute Gasteiger partial charge is 0.497 e. The third kappa shape index (κ3) is 1.76. The molecule has 0 saturated heterocycles. The first-order valence-electron chi connectivity index (χ1n) is 5.26. The molecular weight excluding hydrogens is 214 g/mol. The quantitative estimate of drug-likeness (QED) is 0.856. The van der Waals surface area contributed by atoms with E-state index in [2.05, 4.69) is 16.4 Å². The molecule has 0 spiro atoms. The molecule has 0 aliphatic heterocycles. The number of methoxy groups -OCH3 is 1. The summed E-state index contributed by atoms with van der Waals surface area (Å²) in [4.78, 5) is 4.32. The van der Waals surface area contributed by atoms with Gasteiger partial charge in [-0.3, -0.25) is 4.98 Å². The number of aryl methyl sites for hydroxylation is 1. The van der Waals surface area contributed by atoms with Gasteiger partial charge in [-0.25, -0.2) is 0 Å². The topological polar surface area (TPSA) is 57.9 Å². The van der Waals surface area contributed by atoms with Crippen molar-refractivity contribution in [3.05, 3.63) is 29.5 Å². The number of rotatable bonds is 2. The molecule has 2 aromatic rings. The van der Waals surface area contributed by atoms with E-state index in [-0.39, 0.29) is 0 Å². The Hall–Kier alpha value is -2.28. The second-order valence-corrected chi connectivity index (χ2v) is 3.75. The van der Waals surface area contributed by atoms with E-state index in [9.17, 15) is 0 Å². The summed E-state index contributed by atoms with van der Waals surface area (Å²) in [6.45, 7) is 1.98. The summed E-state index contributed by atoms with van der Waals surface area (Å²) in [6, 6.07) is 5.95. The maximum Gasteiger partial charge on any atom is 0.119 e. The van der Waals surface area contributed by atoms with Crippen LogP contribution in [0, 0.1) is 18.3 Å². The van der Waals surface area contributed by atoms with Gasteiger partial charge in [-0.1, -0.05) is 0 Å². The van der Waals surface area contributed by atoms with Gasteiger partial charge in [0.25, 0.3) is 0 Å². The molecule has 0 atom stereocenters. The van der Waals surface area contributed by atoms with E-state index < -0.39 is 0 Å². The number of nitrogens with one attached hydrogen (secondary N) is 1. The molecule has 1 aromatic carbocycles. The van der Waals surface area contributed by atoms with Crippen molar-refractivity contribution >= 4 is 16.6 Å². The van der Waals surface area contributed by atoms with Gasteiger partial charge in [-0.2, -0.15) is 5.26 Å². The van der Waals surface area contributed by atoms with Crippen LogP contribution in [0.4, 0.5) is 5.69 Å². The fraction of sp³-hybridized carbons (Fsp3) is 0.231. The molecule has 4 heteroatoms. The first kappa shape index (κ1) is 11.2. The van der Waals surface area contributed by atoms with Gasteiger partial charge in [0, 0.05) is 18.6 Å². The van der Waals surface area contributed by atoms with E-state index in [0.29, 0.717) is 5.56 Å². The Kier molecular flexibility index (Phi) is 2.84. The van der Waals surface area contributed by atoms with Crippen molar-refractivity contribution in [2.45, 2.75) is 6.92 Å². The fourth-order valence-electron chi connectivity index (χ4n) is 1.92. The lowest BCUT2D eigenvalue weighted by Crippen LogP contribution is -1.97. The number of nitrogens with zero attached hydrogens (tertiary/aromatic N) is 2. The van der Waals surface area contributed by atoms with Crippen molar-refractivity contribution in [3.63, 3.8) is 0 Å². The Labute approximate surface area is 99.8 Å². The zero-order valence-electron chi connectivity index (χ0n) is 10.0. The molecule has 1 aromatic heterocycles. The molecule has 0 unspecified atom stereocenters. The van der Waals surface area contributed by atoms with E-state index in [1.54, 1.807) is 20.4 Å². The Morgan fingerprint density at radius 2 is 2.18 bits per heavy atom. The monoisotopic (exact) mass is 227 g/mol. The lowest BCUT2D eigenvalue weighted by Gasteiger charge is -2.11. The van der Waals surface area contributed by atoms with E-state index in [4.69, 9.17) is 10.00 Å². The molecule has 0 radical (unpaired) electrons. The van der Waals surface area contributed by atoms with Gasteiger partial charge in [-0.05, 0) is 24.6 Å². The summed E-state index contributed by atoms with van der Waals surface area (Å²) in [5.41, 5.74) is 3.24. The van der Waals surface area contributed by atoms with Crippen molar-refractivity contribution in [1.29, 1.82) is 5.26 Å². The van der Waals surface area contributed by atoms with Gasteiger partial charge in [-0.15, -0.1) is 0 Å². The molecule has 0 amide bonds. The van der Waals surface area contributed by atoms with Crippen molar-refractivity contribution in [2.75, 3.05) is 19.5 Å². The van der Waals surface area contributed by atoms with Gasteiger partial charge in [0.1, 0.15) is 11.8 Å². The zero-order chi connectivity index (χ0) is 12.4. The van der Waals surface area contributed by atoms with Crippen LogP contribution in [0.25, 0.3) is 10.9 Å². The highest BCUT2D eigenvalue weighted by Gasteiger charge is 2.10. The molecule has 1 N–H and O–H groups in total. The SMILES string of the molecule is CNc1c(C#N)cnc2c(C)cc(OC)cc12. The minimum Gasteiger partial charge on any atom is -0.497 e. The summed E-state index contributed by atoms with van der Waals surface area (Å²) in [7, 11) is 3.42. The number of nitriles is 1. The van der Waals surface area contributed by atoms with Crippen LogP contribution in [-0.4, -0.2) is 19.1 Å². The van der Waals surface area contributed by atoms with Gasteiger partial charge >= 0.3 is 0 Å². The Morgan fingerprint density at radius 1 is 1.41 bits per heavy atom. The van der Waals surface area contributed by atoms with Gasteiger partial charge in [0.2, 0.25) is 0 Å². The van der Waals surface area contributed by atoms with Crippen LogP contribution in [0.15, 0.2) is 18.3 Å². The number of ether oxygens (including phenoxy) is 1. The predicted molar refractivity (Wildman–Crippen MR) is 67.3 cm³/mol. The molecule has 4 nitrogen and oxygen atoms in total. The van der Waals surface area contributed by atoms with Crippen molar-refractivity contribution in [3.8, 4) is 11.8 Å². The average molecular weight is 227 g/mol. The first-order valence-corrected chi connectivity index (χ1v) is 5.26. The highest BCUT2D eigenvalue weighted by molar-refractivity contribution is 5.96. The highest BCUT2D eigenvalue weighted by atomic mass is 16.5. The van der Waals surface area contributed by atoms with Crippen molar-refractivity contribution < 1.29 is 4.74 Å². The van der Waals surface area contributed by atoms with Crippen LogP contribution in [0.5, 0.6) is 5.75 Å². The molecule has 0 aliphatic carbocycles. The summed E-state index contributed by atoms with van der Waals surface area (Å²) in [5.74, 6) is 0.767. The van der Waals surface area contributed by atoms with E-state index in [1.807, 2.05) is 19.1 Å². The lowest BCUT2D eigenvalue weighted by atomic mass is 10.1. The molecule has 2 rings (SSSR count). The summed E-state index contributed by atoms with van der Waals surface area (Å²) in [5, 5.41) is 13.0. The fourth-order valence-corrected chi connectivity index (χ4v) is 1.92. The molecule has 0 saturated carbocycles. The van der Waals surface area contributed by atoms with Crippen LogP contribution in [0.2, 0.25) is 0 Å². The molecular formula is C13H13N3O. The number of anilines is 1. The standard InChI is InChI=1S/C13H13N3O/c1-8-4-10(17-3)5-11-12(8)16-7-9(6-14)13(11)15-2/h4-5,7H,1-3H3,(H,15,16). The first-order chi connectivity index (χ1) is 8.21. The number of aromatic nitrogens is 1. The maximum absolute atomic E-state index is 9.04. The Morgan fingerprint density at radius 3 is 2.76 bits per heavy atom. The average Bonchev–Trinajstić information content (AvgIpc) is 2.36. The van der Waals surface area contributed by atoms with E-state index >= 15 is 0 Å². The third-order valence-corrected chi connectivity index (χ3v) is 2.74. The molecule has 0 aliphatic rings. The molecule has 86 valence electrons. The summed E-state index contributed by atoms with van der Waals surface area (Å²) >= 11 is 0. The maximum atomic E-state index is 9.04. The number of hydrogen-bond acceptors (Lipinski definition) is 4. The molecule has 1 heterocycles. The Bertz CT molecular complexity index is 614. The molecule has 0 fully saturated rings. The molecule has 17 heavy (non-hydrogen) atoms. The summed E-state index contributed by atoms with van der Waals surface area (Å²) < 4.78 is 5.24. The minimum atomic E-state index is 0.535. The number of fused-ring (bicyclic) bond motifs is 1. The predicted octanol–water partition coefficient (Wildman–Crippen LogP) is 2.47. The van der Waals surface area contributed by atoms with Crippen LogP contribution in [0.1, 0.15) is 11.1 Å². The van der Waals surface area contributed by atoms with Crippen LogP contribution in [0.3, 0.4) is 0 Å². The summed E-state index contributed by atoms with van der Waals surface area (Å²) in [6.07, 6.45) is 1.59. The second kappa shape index (κ2) is 4.30.